The Bertz CT molecular complexity index is 530. The molecule has 0 radical (unpaired) electrons. The summed E-state index contributed by atoms with van der Waals surface area (Å²) in [7, 11) is 0. The highest BCUT2D eigenvalue weighted by Gasteiger charge is 2.14. The number of anilines is 1. The summed E-state index contributed by atoms with van der Waals surface area (Å²) in [5, 5.41) is 4.31. The number of carbonyl (C=O) groups is 1. The molecule has 2 rings (SSSR count). The van der Waals surface area contributed by atoms with E-state index in [9.17, 15) is 4.79 Å². The Morgan fingerprint density at radius 1 is 1.31 bits per heavy atom. The van der Waals surface area contributed by atoms with Gasteiger partial charge in [-0.3, -0.25) is 10.1 Å². The number of aromatic nitrogens is 2. The summed E-state index contributed by atoms with van der Waals surface area (Å²) in [5.41, 5.74) is 0.772. The van der Waals surface area contributed by atoms with Gasteiger partial charge in [0.15, 0.2) is 5.13 Å². The van der Waals surface area contributed by atoms with Crippen LogP contribution in [0.3, 0.4) is 0 Å². The van der Waals surface area contributed by atoms with E-state index in [1.54, 1.807) is 6.20 Å². The minimum Gasteiger partial charge on any atom is -0.297 e. The van der Waals surface area contributed by atoms with Gasteiger partial charge in [-0.1, -0.05) is 0 Å². The van der Waals surface area contributed by atoms with Crippen LogP contribution < -0.4 is 5.32 Å². The molecule has 1 amide bonds. The van der Waals surface area contributed by atoms with Crippen molar-refractivity contribution in [2.75, 3.05) is 5.32 Å². The standard InChI is InChI=1S/C10H11N3OS2/c1-5-4-11-10(15-5)13-9(14)8-6(2)12-7(3)16-8/h4H,1-3H3,(H,11,13,14). The molecular formula is C10H11N3OS2. The van der Waals surface area contributed by atoms with Crippen LogP contribution in [0.2, 0.25) is 0 Å². The summed E-state index contributed by atoms with van der Waals surface area (Å²) in [5.74, 6) is -0.127. The van der Waals surface area contributed by atoms with Gasteiger partial charge in [-0.05, 0) is 20.8 Å². The van der Waals surface area contributed by atoms with Crippen molar-refractivity contribution in [1.82, 2.24) is 9.97 Å². The molecule has 0 aliphatic heterocycles. The lowest BCUT2D eigenvalue weighted by atomic mass is 10.4. The van der Waals surface area contributed by atoms with Crippen LogP contribution in [0.25, 0.3) is 0 Å². The molecule has 0 saturated carbocycles. The Kier molecular flexibility index (Phi) is 3.02. The van der Waals surface area contributed by atoms with Gasteiger partial charge >= 0.3 is 0 Å². The summed E-state index contributed by atoms with van der Waals surface area (Å²) < 4.78 is 0. The zero-order valence-electron chi connectivity index (χ0n) is 9.20. The highest BCUT2D eigenvalue weighted by molar-refractivity contribution is 7.16. The van der Waals surface area contributed by atoms with Crippen molar-refractivity contribution < 1.29 is 4.79 Å². The van der Waals surface area contributed by atoms with Crippen LogP contribution in [-0.2, 0) is 0 Å². The predicted molar refractivity (Wildman–Crippen MR) is 66.4 cm³/mol. The predicted octanol–water partition coefficient (Wildman–Crippen LogP) is 2.78. The first-order valence-corrected chi connectivity index (χ1v) is 6.37. The number of thiazole rings is 2. The number of nitrogens with one attached hydrogen (secondary N) is 1. The lowest BCUT2D eigenvalue weighted by Gasteiger charge is -1.98. The van der Waals surface area contributed by atoms with Gasteiger partial charge in [-0.25, -0.2) is 9.97 Å². The van der Waals surface area contributed by atoms with E-state index >= 15 is 0 Å². The fourth-order valence-corrected chi connectivity index (χ4v) is 2.78. The molecule has 2 heterocycles. The molecule has 6 heteroatoms. The average Bonchev–Trinajstić information content (AvgIpc) is 2.73. The number of rotatable bonds is 2. The number of aryl methyl sites for hydroxylation is 3. The molecule has 0 spiro atoms. The lowest BCUT2D eigenvalue weighted by Crippen LogP contribution is -2.11. The molecule has 2 aromatic heterocycles. The fraction of sp³-hybridized carbons (Fsp3) is 0.300. The third-order valence-electron chi connectivity index (χ3n) is 1.95. The molecule has 2 aromatic rings. The summed E-state index contributed by atoms with van der Waals surface area (Å²) >= 11 is 2.87. The Labute approximate surface area is 101 Å². The third kappa shape index (κ3) is 2.28. The molecule has 16 heavy (non-hydrogen) atoms. The van der Waals surface area contributed by atoms with Crippen molar-refractivity contribution in [1.29, 1.82) is 0 Å². The first kappa shape index (κ1) is 11.2. The molecule has 0 aromatic carbocycles. The first-order valence-electron chi connectivity index (χ1n) is 4.74. The van der Waals surface area contributed by atoms with Crippen molar-refractivity contribution in [3.63, 3.8) is 0 Å². The zero-order valence-corrected chi connectivity index (χ0v) is 10.8. The van der Waals surface area contributed by atoms with E-state index in [0.29, 0.717) is 10.0 Å². The van der Waals surface area contributed by atoms with E-state index in [1.807, 2.05) is 20.8 Å². The van der Waals surface area contributed by atoms with Gasteiger partial charge in [0, 0.05) is 11.1 Å². The van der Waals surface area contributed by atoms with Crippen molar-refractivity contribution in [2.45, 2.75) is 20.8 Å². The topological polar surface area (TPSA) is 54.9 Å². The molecule has 0 atom stereocenters. The molecular weight excluding hydrogens is 242 g/mol. The summed E-state index contributed by atoms with van der Waals surface area (Å²) in [6, 6.07) is 0. The molecule has 0 aliphatic carbocycles. The van der Waals surface area contributed by atoms with Gasteiger partial charge in [-0.2, -0.15) is 0 Å². The Hall–Kier alpha value is -1.27. The van der Waals surface area contributed by atoms with E-state index in [-0.39, 0.29) is 5.91 Å². The smallest absolute Gasteiger partial charge is 0.269 e. The Morgan fingerprint density at radius 2 is 2.06 bits per heavy atom. The quantitative estimate of drug-likeness (QED) is 0.895. The largest absolute Gasteiger partial charge is 0.297 e. The summed E-state index contributed by atoms with van der Waals surface area (Å²) in [6.07, 6.45) is 1.74. The second kappa shape index (κ2) is 4.31. The molecule has 0 unspecified atom stereocenters. The first-order chi connectivity index (χ1) is 7.56. The molecule has 0 saturated heterocycles. The van der Waals surface area contributed by atoms with E-state index in [1.165, 1.54) is 22.7 Å². The highest BCUT2D eigenvalue weighted by atomic mass is 32.1. The van der Waals surface area contributed by atoms with Gasteiger partial charge in [0.2, 0.25) is 0 Å². The lowest BCUT2D eigenvalue weighted by molar-refractivity contribution is 0.103. The van der Waals surface area contributed by atoms with E-state index < -0.39 is 0 Å². The fourth-order valence-electron chi connectivity index (χ4n) is 1.31. The second-order valence-electron chi connectivity index (χ2n) is 3.38. The van der Waals surface area contributed by atoms with Crippen molar-refractivity contribution in [3.05, 3.63) is 26.7 Å². The summed E-state index contributed by atoms with van der Waals surface area (Å²) in [6.45, 7) is 5.68. The number of amides is 1. The number of hydrogen-bond acceptors (Lipinski definition) is 5. The Balaban J connectivity index is 2.17. The van der Waals surface area contributed by atoms with Crippen molar-refractivity contribution in [2.24, 2.45) is 0 Å². The van der Waals surface area contributed by atoms with Gasteiger partial charge in [0.1, 0.15) is 4.88 Å². The van der Waals surface area contributed by atoms with Gasteiger partial charge < -0.3 is 0 Å². The van der Waals surface area contributed by atoms with Gasteiger partial charge in [0.25, 0.3) is 5.91 Å². The summed E-state index contributed by atoms with van der Waals surface area (Å²) in [4.78, 5) is 21.9. The molecule has 4 nitrogen and oxygen atoms in total. The normalized spacial score (nSPS) is 10.4. The van der Waals surface area contributed by atoms with Crippen LogP contribution >= 0.6 is 22.7 Å². The van der Waals surface area contributed by atoms with Crippen molar-refractivity contribution in [3.8, 4) is 0 Å². The average molecular weight is 253 g/mol. The van der Waals surface area contributed by atoms with E-state index in [2.05, 4.69) is 15.3 Å². The van der Waals surface area contributed by atoms with Crippen molar-refractivity contribution >= 4 is 33.7 Å². The minimum atomic E-state index is -0.127. The molecule has 0 fully saturated rings. The van der Waals surface area contributed by atoms with E-state index in [4.69, 9.17) is 0 Å². The monoisotopic (exact) mass is 253 g/mol. The second-order valence-corrected chi connectivity index (χ2v) is 5.82. The van der Waals surface area contributed by atoms with Gasteiger partial charge in [0.05, 0.1) is 10.7 Å². The zero-order chi connectivity index (χ0) is 11.7. The maximum Gasteiger partial charge on any atom is 0.269 e. The third-order valence-corrected chi connectivity index (χ3v) is 3.85. The van der Waals surface area contributed by atoms with Gasteiger partial charge in [-0.15, -0.1) is 22.7 Å². The van der Waals surface area contributed by atoms with Crippen LogP contribution in [0, 0.1) is 20.8 Å². The molecule has 84 valence electrons. The molecule has 1 N–H and O–H groups in total. The van der Waals surface area contributed by atoms with Crippen LogP contribution in [-0.4, -0.2) is 15.9 Å². The SMILES string of the molecule is Cc1cnc(NC(=O)c2sc(C)nc2C)s1. The highest BCUT2D eigenvalue weighted by Crippen LogP contribution is 2.21. The molecule has 0 bridgehead atoms. The van der Waals surface area contributed by atoms with Crippen LogP contribution in [0.15, 0.2) is 6.20 Å². The number of hydrogen-bond donors (Lipinski definition) is 1. The maximum absolute atomic E-state index is 11.9. The number of nitrogens with zero attached hydrogens (tertiary/aromatic N) is 2. The Morgan fingerprint density at radius 3 is 2.56 bits per heavy atom. The van der Waals surface area contributed by atoms with Crippen LogP contribution in [0.5, 0.6) is 0 Å². The van der Waals surface area contributed by atoms with E-state index in [0.717, 1.165) is 15.6 Å². The molecule has 0 aliphatic rings. The van der Waals surface area contributed by atoms with Crippen LogP contribution in [0.4, 0.5) is 5.13 Å². The maximum atomic E-state index is 11.9. The minimum absolute atomic E-state index is 0.127. The van der Waals surface area contributed by atoms with Crippen LogP contribution in [0.1, 0.15) is 25.3 Å². The number of carbonyl (C=O) groups excluding carboxylic acids is 1.